The van der Waals surface area contributed by atoms with Crippen molar-refractivity contribution in [1.82, 2.24) is 0 Å². The van der Waals surface area contributed by atoms with E-state index < -0.39 is 15.7 Å². The third-order valence-electron chi connectivity index (χ3n) is 3.00. The molecule has 0 saturated heterocycles. The first-order valence-corrected chi connectivity index (χ1v) is 7.55. The van der Waals surface area contributed by atoms with Gasteiger partial charge in [-0.1, -0.05) is 12.1 Å². The maximum atomic E-state index is 14.1. The molecule has 0 atom stereocenters. The van der Waals surface area contributed by atoms with Crippen molar-refractivity contribution in [2.75, 3.05) is 12.0 Å². The highest BCUT2D eigenvalue weighted by Gasteiger charge is 2.13. The van der Waals surface area contributed by atoms with Crippen LogP contribution in [-0.2, 0) is 9.84 Å². The SMILES string of the molecule is Cc1c(N)ccc(-c2cccc(S(C)(=O)=O)c2)c1F. The lowest BCUT2D eigenvalue weighted by atomic mass is 10.0. The molecule has 5 heteroatoms. The Balaban J connectivity index is 2.64. The molecule has 0 aliphatic carbocycles. The average Bonchev–Trinajstić information content (AvgIpc) is 2.35. The summed E-state index contributed by atoms with van der Waals surface area (Å²) in [4.78, 5) is 0.166. The van der Waals surface area contributed by atoms with Gasteiger partial charge in [-0.25, -0.2) is 12.8 Å². The monoisotopic (exact) mass is 279 g/mol. The lowest BCUT2D eigenvalue weighted by molar-refractivity contribution is 0.601. The summed E-state index contributed by atoms with van der Waals surface area (Å²) in [6, 6.07) is 9.38. The molecule has 0 amide bonds. The number of hydrogen-bond acceptors (Lipinski definition) is 3. The minimum Gasteiger partial charge on any atom is -0.398 e. The number of benzene rings is 2. The van der Waals surface area contributed by atoms with Crippen LogP contribution in [0.25, 0.3) is 11.1 Å². The second-order valence-electron chi connectivity index (χ2n) is 4.44. The molecule has 2 aromatic rings. The van der Waals surface area contributed by atoms with Gasteiger partial charge in [-0.15, -0.1) is 0 Å². The second-order valence-corrected chi connectivity index (χ2v) is 6.46. The first-order valence-electron chi connectivity index (χ1n) is 5.66. The summed E-state index contributed by atoms with van der Waals surface area (Å²) in [6.07, 6.45) is 1.12. The van der Waals surface area contributed by atoms with Crippen LogP contribution in [-0.4, -0.2) is 14.7 Å². The Kier molecular flexibility index (Phi) is 3.32. The highest BCUT2D eigenvalue weighted by atomic mass is 32.2. The van der Waals surface area contributed by atoms with Crippen LogP contribution in [0.4, 0.5) is 10.1 Å². The first kappa shape index (κ1) is 13.5. The summed E-state index contributed by atoms with van der Waals surface area (Å²) in [5.41, 5.74) is 7.23. The van der Waals surface area contributed by atoms with Crippen molar-refractivity contribution < 1.29 is 12.8 Å². The Hall–Kier alpha value is -1.88. The van der Waals surface area contributed by atoms with Crippen molar-refractivity contribution in [2.24, 2.45) is 0 Å². The number of anilines is 1. The van der Waals surface area contributed by atoms with E-state index in [-0.39, 0.29) is 4.90 Å². The van der Waals surface area contributed by atoms with Crippen molar-refractivity contribution in [3.05, 3.63) is 47.8 Å². The van der Waals surface area contributed by atoms with Crippen LogP contribution in [0, 0.1) is 12.7 Å². The van der Waals surface area contributed by atoms with Crippen molar-refractivity contribution in [1.29, 1.82) is 0 Å². The summed E-state index contributed by atoms with van der Waals surface area (Å²) in [5, 5.41) is 0. The van der Waals surface area contributed by atoms with Crippen LogP contribution in [0.15, 0.2) is 41.3 Å². The highest BCUT2D eigenvalue weighted by molar-refractivity contribution is 7.90. The van der Waals surface area contributed by atoms with Crippen LogP contribution in [0.1, 0.15) is 5.56 Å². The molecule has 3 nitrogen and oxygen atoms in total. The smallest absolute Gasteiger partial charge is 0.175 e. The van der Waals surface area contributed by atoms with Crippen LogP contribution < -0.4 is 5.73 Å². The van der Waals surface area contributed by atoms with E-state index in [4.69, 9.17) is 5.73 Å². The van der Waals surface area contributed by atoms with Crippen LogP contribution >= 0.6 is 0 Å². The number of halogens is 1. The molecule has 0 spiro atoms. The van der Waals surface area contributed by atoms with Crippen molar-refractivity contribution in [2.45, 2.75) is 11.8 Å². The number of nitrogen functional groups attached to an aromatic ring is 1. The molecule has 0 heterocycles. The number of hydrogen-bond donors (Lipinski definition) is 1. The number of rotatable bonds is 2. The first-order chi connectivity index (χ1) is 8.80. The molecule has 0 saturated carbocycles. The van der Waals surface area contributed by atoms with Gasteiger partial charge < -0.3 is 5.73 Å². The molecule has 2 N–H and O–H groups in total. The molecule has 2 aromatic carbocycles. The third-order valence-corrected chi connectivity index (χ3v) is 4.11. The van der Waals surface area contributed by atoms with E-state index in [0.717, 1.165) is 6.26 Å². The van der Waals surface area contributed by atoms with E-state index in [0.29, 0.717) is 22.4 Å². The zero-order valence-corrected chi connectivity index (χ0v) is 11.5. The van der Waals surface area contributed by atoms with Gasteiger partial charge >= 0.3 is 0 Å². The predicted octanol–water partition coefficient (Wildman–Crippen LogP) is 2.79. The predicted molar refractivity (Wildman–Crippen MR) is 74.1 cm³/mol. The fourth-order valence-corrected chi connectivity index (χ4v) is 2.48. The largest absolute Gasteiger partial charge is 0.398 e. The van der Waals surface area contributed by atoms with Gasteiger partial charge in [0.1, 0.15) is 5.82 Å². The maximum Gasteiger partial charge on any atom is 0.175 e. The molecule has 2 rings (SSSR count). The molecule has 0 bridgehead atoms. The highest BCUT2D eigenvalue weighted by Crippen LogP contribution is 2.29. The lowest BCUT2D eigenvalue weighted by Gasteiger charge is -2.09. The van der Waals surface area contributed by atoms with Crippen molar-refractivity contribution in [3.63, 3.8) is 0 Å². The molecule has 0 fully saturated rings. The van der Waals surface area contributed by atoms with Crippen LogP contribution in [0.5, 0.6) is 0 Å². The van der Waals surface area contributed by atoms with E-state index >= 15 is 0 Å². The fourth-order valence-electron chi connectivity index (χ4n) is 1.82. The summed E-state index contributed by atoms with van der Waals surface area (Å²) < 4.78 is 37.2. The standard InChI is InChI=1S/C14H14FNO2S/c1-9-13(16)7-6-12(14(9)15)10-4-3-5-11(8-10)19(2,17)18/h3-8H,16H2,1-2H3. The molecule has 0 aliphatic heterocycles. The van der Waals surface area contributed by atoms with Gasteiger partial charge in [0.15, 0.2) is 9.84 Å². The van der Waals surface area contributed by atoms with Gasteiger partial charge in [-0.3, -0.25) is 0 Å². The normalized spacial score (nSPS) is 11.5. The van der Waals surface area contributed by atoms with Gasteiger partial charge in [0, 0.05) is 23.1 Å². The van der Waals surface area contributed by atoms with E-state index in [9.17, 15) is 12.8 Å². The summed E-state index contributed by atoms with van der Waals surface area (Å²) in [6.45, 7) is 1.59. The van der Waals surface area contributed by atoms with E-state index in [1.54, 1.807) is 31.2 Å². The van der Waals surface area contributed by atoms with E-state index in [1.807, 2.05) is 0 Å². The zero-order chi connectivity index (χ0) is 14.2. The van der Waals surface area contributed by atoms with E-state index in [1.165, 1.54) is 12.1 Å². The average molecular weight is 279 g/mol. The maximum absolute atomic E-state index is 14.1. The van der Waals surface area contributed by atoms with Gasteiger partial charge in [0.05, 0.1) is 4.90 Å². The van der Waals surface area contributed by atoms with E-state index in [2.05, 4.69) is 0 Å². The Morgan fingerprint density at radius 3 is 2.47 bits per heavy atom. The summed E-state index contributed by atoms with van der Waals surface area (Å²) >= 11 is 0. The Bertz CT molecular complexity index is 739. The molecule has 19 heavy (non-hydrogen) atoms. The molecular weight excluding hydrogens is 265 g/mol. The molecular formula is C14H14FNO2S. The Morgan fingerprint density at radius 1 is 1.16 bits per heavy atom. The summed E-state index contributed by atoms with van der Waals surface area (Å²) in [5.74, 6) is -0.425. The van der Waals surface area contributed by atoms with Gasteiger partial charge in [-0.2, -0.15) is 0 Å². The molecule has 0 aliphatic rings. The van der Waals surface area contributed by atoms with Gasteiger partial charge in [0.25, 0.3) is 0 Å². The van der Waals surface area contributed by atoms with Gasteiger partial charge in [0.2, 0.25) is 0 Å². The fraction of sp³-hybridized carbons (Fsp3) is 0.143. The second kappa shape index (κ2) is 4.66. The molecule has 0 radical (unpaired) electrons. The van der Waals surface area contributed by atoms with Crippen LogP contribution in [0.3, 0.4) is 0 Å². The van der Waals surface area contributed by atoms with Crippen molar-refractivity contribution in [3.8, 4) is 11.1 Å². The summed E-state index contributed by atoms with van der Waals surface area (Å²) in [7, 11) is -3.31. The quantitative estimate of drug-likeness (QED) is 0.860. The number of sulfone groups is 1. The van der Waals surface area contributed by atoms with Crippen molar-refractivity contribution >= 4 is 15.5 Å². The molecule has 100 valence electrons. The number of nitrogens with two attached hydrogens (primary N) is 1. The molecule has 0 unspecified atom stereocenters. The zero-order valence-electron chi connectivity index (χ0n) is 10.6. The topological polar surface area (TPSA) is 60.2 Å². The Labute approximate surface area is 111 Å². The Morgan fingerprint density at radius 2 is 1.84 bits per heavy atom. The lowest BCUT2D eigenvalue weighted by Crippen LogP contribution is -1.98. The molecule has 0 aromatic heterocycles. The van der Waals surface area contributed by atoms with Crippen LogP contribution in [0.2, 0.25) is 0 Å². The van der Waals surface area contributed by atoms with Gasteiger partial charge in [-0.05, 0) is 36.8 Å². The minimum atomic E-state index is -3.31. The third kappa shape index (κ3) is 2.61. The minimum absolute atomic E-state index is 0.166.